The number of halogens is 1. The number of thioether (sulfide) groups is 1. The number of thiocarbonyl (C=S) groups is 1. The van der Waals surface area contributed by atoms with Crippen LogP contribution in [0.2, 0.25) is 5.02 Å². The van der Waals surface area contributed by atoms with Crippen molar-refractivity contribution in [3.8, 4) is 5.75 Å². The molecule has 0 atom stereocenters. The third-order valence-corrected chi connectivity index (χ3v) is 5.99. The molecule has 8 heteroatoms. The van der Waals surface area contributed by atoms with Crippen LogP contribution in [-0.4, -0.2) is 34.8 Å². The van der Waals surface area contributed by atoms with Gasteiger partial charge in [0.25, 0.3) is 5.91 Å². The molecule has 1 aliphatic rings. The van der Waals surface area contributed by atoms with E-state index in [1.165, 1.54) is 23.8 Å². The van der Waals surface area contributed by atoms with Gasteiger partial charge in [-0.05, 0) is 47.9 Å². The van der Waals surface area contributed by atoms with Gasteiger partial charge >= 0.3 is 5.97 Å². The van der Waals surface area contributed by atoms with Crippen molar-refractivity contribution in [1.29, 1.82) is 0 Å². The van der Waals surface area contributed by atoms with E-state index in [1.807, 2.05) is 54.6 Å². The summed E-state index contributed by atoms with van der Waals surface area (Å²) < 4.78 is 10.9. The molecule has 30 heavy (non-hydrogen) atoms. The van der Waals surface area contributed by atoms with Crippen LogP contribution in [0.1, 0.15) is 24.0 Å². The zero-order valence-corrected chi connectivity index (χ0v) is 18.7. The number of methoxy groups -OCH3 is 1. The lowest BCUT2D eigenvalue weighted by molar-refractivity contribution is -0.141. The SMILES string of the molecule is COC(=O)CCCN1C(=O)/C(=C/c2ccc(OCc3ccc(Cl)cc3)cc2)SC1=S. The van der Waals surface area contributed by atoms with E-state index >= 15 is 0 Å². The minimum absolute atomic E-state index is 0.141. The van der Waals surface area contributed by atoms with Crippen LogP contribution in [0.3, 0.4) is 0 Å². The first kappa shape index (κ1) is 22.3. The maximum Gasteiger partial charge on any atom is 0.305 e. The molecular weight excluding hydrogens is 442 g/mol. The summed E-state index contributed by atoms with van der Waals surface area (Å²) in [6.07, 6.45) is 2.57. The van der Waals surface area contributed by atoms with E-state index < -0.39 is 0 Å². The maximum atomic E-state index is 12.6. The molecular formula is C22H20ClNO4S2. The summed E-state index contributed by atoms with van der Waals surface area (Å²) in [5.41, 5.74) is 1.91. The smallest absolute Gasteiger partial charge is 0.305 e. The third-order valence-electron chi connectivity index (χ3n) is 4.36. The molecule has 1 fully saturated rings. The average Bonchev–Trinajstić information content (AvgIpc) is 3.01. The second-order valence-electron chi connectivity index (χ2n) is 6.50. The first-order valence-corrected chi connectivity index (χ1v) is 10.9. The van der Waals surface area contributed by atoms with E-state index in [0.717, 1.165) is 16.9 Å². The van der Waals surface area contributed by atoms with Gasteiger partial charge in [0.1, 0.15) is 16.7 Å². The number of amides is 1. The Hall–Kier alpha value is -2.35. The van der Waals surface area contributed by atoms with Crippen molar-refractivity contribution in [2.45, 2.75) is 19.4 Å². The number of esters is 1. The van der Waals surface area contributed by atoms with Crippen molar-refractivity contribution in [1.82, 2.24) is 4.90 Å². The highest BCUT2D eigenvalue weighted by molar-refractivity contribution is 8.26. The fourth-order valence-electron chi connectivity index (χ4n) is 2.74. The monoisotopic (exact) mass is 461 g/mol. The molecule has 0 saturated carbocycles. The summed E-state index contributed by atoms with van der Waals surface area (Å²) in [7, 11) is 1.35. The van der Waals surface area contributed by atoms with Crippen LogP contribution in [-0.2, 0) is 20.9 Å². The Morgan fingerprint density at radius 2 is 1.87 bits per heavy atom. The average molecular weight is 462 g/mol. The Balaban J connectivity index is 1.57. The number of carbonyl (C=O) groups is 2. The minimum atomic E-state index is -0.297. The van der Waals surface area contributed by atoms with Crippen LogP contribution >= 0.6 is 35.6 Å². The van der Waals surface area contributed by atoms with E-state index in [1.54, 1.807) is 0 Å². The van der Waals surface area contributed by atoms with Gasteiger partial charge < -0.3 is 9.47 Å². The summed E-state index contributed by atoms with van der Waals surface area (Å²) in [4.78, 5) is 25.9. The lowest BCUT2D eigenvalue weighted by Gasteiger charge is -2.13. The fourth-order valence-corrected chi connectivity index (χ4v) is 4.17. The Labute approximate surface area is 190 Å². The molecule has 0 spiro atoms. The van der Waals surface area contributed by atoms with Crippen molar-refractivity contribution < 1.29 is 19.1 Å². The van der Waals surface area contributed by atoms with Gasteiger partial charge in [-0.1, -0.05) is 59.8 Å². The maximum absolute atomic E-state index is 12.6. The van der Waals surface area contributed by atoms with E-state index in [9.17, 15) is 9.59 Å². The quantitative estimate of drug-likeness (QED) is 0.310. The van der Waals surface area contributed by atoms with Crippen molar-refractivity contribution in [2.24, 2.45) is 0 Å². The molecule has 0 aliphatic carbocycles. The molecule has 2 aromatic carbocycles. The Kier molecular flexibility index (Phi) is 7.90. The molecule has 1 heterocycles. The largest absolute Gasteiger partial charge is 0.489 e. The van der Waals surface area contributed by atoms with Crippen molar-refractivity contribution in [2.75, 3.05) is 13.7 Å². The predicted octanol–water partition coefficient (Wildman–Crippen LogP) is 5.07. The Morgan fingerprint density at radius 1 is 1.17 bits per heavy atom. The molecule has 5 nitrogen and oxygen atoms in total. The van der Waals surface area contributed by atoms with E-state index in [-0.39, 0.29) is 18.3 Å². The first-order chi connectivity index (χ1) is 14.5. The Bertz CT molecular complexity index is 958. The highest BCUT2D eigenvalue weighted by Crippen LogP contribution is 2.33. The number of hydrogen-bond donors (Lipinski definition) is 0. The zero-order chi connectivity index (χ0) is 21.5. The number of hydrogen-bond acceptors (Lipinski definition) is 6. The summed E-state index contributed by atoms with van der Waals surface area (Å²) >= 11 is 12.5. The number of benzene rings is 2. The van der Waals surface area contributed by atoms with Crippen LogP contribution in [0.5, 0.6) is 5.75 Å². The van der Waals surface area contributed by atoms with Gasteiger partial charge in [0.05, 0.1) is 12.0 Å². The van der Waals surface area contributed by atoms with Crippen molar-refractivity contribution in [3.63, 3.8) is 0 Å². The molecule has 0 unspecified atom stereocenters. The molecule has 2 aromatic rings. The highest BCUT2D eigenvalue weighted by Gasteiger charge is 2.31. The lowest BCUT2D eigenvalue weighted by Crippen LogP contribution is -2.29. The van der Waals surface area contributed by atoms with E-state index in [0.29, 0.717) is 33.8 Å². The standard InChI is InChI=1S/C22H20ClNO4S2/c1-27-20(25)3-2-12-24-21(26)19(30-22(24)29)13-15-6-10-18(11-7-15)28-14-16-4-8-17(23)9-5-16/h4-11,13H,2-3,12,14H2,1H3/b19-13-. The molecule has 156 valence electrons. The number of carbonyl (C=O) groups excluding carboxylic acids is 2. The van der Waals surface area contributed by atoms with Crippen molar-refractivity contribution >= 4 is 57.9 Å². The van der Waals surface area contributed by atoms with E-state index in [2.05, 4.69) is 4.74 Å². The molecule has 0 N–H and O–H groups in total. The van der Waals surface area contributed by atoms with Crippen LogP contribution < -0.4 is 4.74 Å². The third kappa shape index (κ3) is 6.08. The molecule has 1 amide bonds. The van der Waals surface area contributed by atoms with Crippen LogP contribution in [0.25, 0.3) is 6.08 Å². The number of rotatable bonds is 8. The Morgan fingerprint density at radius 3 is 2.53 bits per heavy atom. The summed E-state index contributed by atoms with van der Waals surface area (Å²) in [6, 6.07) is 15.0. The summed E-state index contributed by atoms with van der Waals surface area (Å²) in [5, 5.41) is 0.692. The van der Waals surface area contributed by atoms with Gasteiger partial charge in [-0.3, -0.25) is 14.5 Å². The van der Waals surface area contributed by atoms with Crippen LogP contribution in [0, 0.1) is 0 Å². The van der Waals surface area contributed by atoms with Gasteiger partial charge in [0.2, 0.25) is 0 Å². The molecule has 3 rings (SSSR count). The molecule has 0 radical (unpaired) electrons. The minimum Gasteiger partial charge on any atom is -0.489 e. The van der Waals surface area contributed by atoms with Gasteiger partial charge in [0.15, 0.2) is 0 Å². The fraction of sp³-hybridized carbons (Fsp3) is 0.227. The van der Waals surface area contributed by atoms with Gasteiger partial charge in [-0.2, -0.15) is 0 Å². The topological polar surface area (TPSA) is 55.8 Å². The molecule has 1 saturated heterocycles. The number of ether oxygens (including phenoxy) is 2. The molecule has 1 aliphatic heterocycles. The predicted molar refractivity (Wildman–Crippen MR) is 123 cm³/mol. The van der Waals surface area contributed by atoms with E-state index in [4.69, 9.17) is 28.6 Å². The first-order valence-electron chi connectivity index (χ1n) is 9.26. The van der Waals surface area contributed by atoms with Gasteiger partial charge in [-0.25, -0.2) is 0 Å². The van der Waals surface area contributed by atoms with Crippen LogP contribution in [0.4, 0.5) is 0 Å². The van der Waals surface area contributed by atoms with Crippen molar-refractivity contribution in [3.05, 3.63) is 69.6 Å². The zero-order valence-electron chi connectivity index (χ0n) is 16.3. The number of nitrogens with zero attached hydrogens (tertiary/aromatic N) is 1. The van der Waals surface area contributed by atoms with Crippen LogP contribution in [0.15, 0.2) is 53.4 Å². The van der Waals surface area contributed by atoms with Gasteiger partial charge in [-0.15, -0.1) is 0 Å². The highest BCUT2D eigenvalue weighted by atomic mass is 35.5. The summed E-state index contributed by atoms with van der Waals surface area (Å²) in [5.74, 6) is 0.296. The lowest BCUT2D eigenvalue weighted by atomic mass is 10.2. The van der Waals surface area contributed by atoms with Gasteiger partial charge in [0, 0.05) is 18.0 Å². The normalized spacial score (nSPS) is 15.0. The summed E-state index contributed by atoms with van der Waals surface area (Å²) in [6.45, 7) is 0.843. The second kappa shape index (κ2) is 10.6. The molecule has 0 bridgehead atoms. The molecule has 0 aromatic heterocycles. The second-order valence-corrected chi connectivity index (χ2v) is 8.61.